The number of Topliss-reactive ketones (excluding diaryl/α,β-unsaturated/α-hetero) is 1. The first-order chi connectivity index (χ1) is 10.9. The van der Waals surface area contributed by atoms with Crippen LogP contribution in [0.2, 0.25) is 0 Å². The molecule has 8 heteroatoms. The Hall–Kier alpha value is -3.03. The van der Waals surface area contributed by atoms with E-state index in [0.29, 0.717) is 0 Å². The van der Waals surface area contributed by atoms with Gasteiger partial charge in [-0.25, -0.2) is 0 Å². The summed E-state index contributed by atoms with van der Waals surface area (Å²) in [7, 11) is 0. The average Bonchev–Trinajstić information content (AvgIpc) is 2.72. The molecule has 2 unspecified atom stereocenters. The van der Waals surface area contributed by atoms with E-state index in [4.69, 9.17) is 5.11 Å². The fraction of sp³-hybridized carbons (Fsp3) is 0.267. The number of ketones is 1. The number of β-lactam (4-membered cyclic amide) rings is 1. The van der Waals surface area contributed by atoms with Gasteiger partial charge in [-0.1, -0.05) is 12.1 Å². The van der Waals surface area contributed by atoms with E-state index in [0.717, 1.165) is 4.90 Å². The Morgan fingerprint density at radius 2 is 1.65 bits per heavy atom. The Kier molecular flexibility index (Phi) is 3.44. The van der Waals surface area contributed by atoms with Crippen molar-refractivity contribution < 1.29 is 29.1 Å². The number of hydrogen-bond donors (Lipinski definition) is 2. The Labute approximate surface area is 130 Å². The number of fused-ring (bicyclic) bond motifs is 1. The number of benzene rings is 1. The van der Waals surface area contributed by atoms with Crippen molar-refractivity contribution in [3.8, 4) is 0 Å². The molecule has 1 saturated heterocycles. The average molecular weight is 316 g/mol. The van der Waals surface area contributed by atoms with Gasteiger partial charge < -0.3 is 10.4 Å². The quantitative estimate of drug-likeness (QED) is 0.432. The van der Waals surface area contributed by atoms with Gasteiger partial charge in [0.2, 0.25) is 5.91 Å². The van der Waals surface area contributed by atoms with E-state index in [1.54, 1.807) is 12.1 Å². The van der Waals surface area contributed by atoms with Gasteiger partial charge in [-0.15, -0.1) is 0 Å². The second-order valence-electron chi connectivity index (χ2n) is 5.40. The summed E-state index contributed by atoms with van der Waals surface area (Å²) in [4.78, 5) is 59.4. The zero-order valence-corrected chi connectivity index (χ0v) is 11.8. The number of aliphatic carboxylic acids is 1. The highest BCUT2D eigenvalue weighted by atomic mass is 16.4. The maximum Gasteiger partial charge on any atom is 0.310 e. The van der Waals surface area contributed by atoms with Crippen molar-refractivity contribution in [2.75, 3.05) is 0 Å². The van der Waals surface area contributed by atoms with Crippen LogP contribution in [0.3, 0.4) is 0 Å². The number of amides is 3. The number of nitrogens with zero attached hydrogens (tertiary/aromatic N) is 1. The molecule has 23 heavy (non-hydrogen) atoms. The van der Waals surface area contributed by atoms with Gasteiger partial charge >= 0.3 is 5.97 Å². The highest BCUT2D eigenvalue weighted by Crippen LogP contribution is 2.29. The van der Waals surface area contributed by atoms with Crippen LogP contribution in [-0.4, -0.2) is 51.6 Å². The Morgan fingerprint density at radius 3 is 2.13 bits per heavy atom. The fourth-order valence-electron chi connectivity index (χ4n) is 2.84. The minimum Gasteiger partial charge on any atom is -0.481 e. The normalized spacial score (nSPS) is 22.4. The maximum atomic E-state index is 12.3. The lowest BCUT2D eigenvalue weighted by Gasteiger charge is -2.40. The van der Waals surface area contributed by atoms with Crippen molar-refractivity contribution in [3.63, 3.8) is 0 Å². The predicted octanol–water partition coefficient (Wildman–Crippen LogP) is -0.416. The Bertz CT molecular complexity index is 721. The first-order valence-corrected chi connectivity index (χ1v) is 6.91. The summed E-state index contributed by atoms with van der Waals surface area (Å²) in [5.41, 5.74) is 0.431. The molecular formula is C15H12N2O6. The molecule has 2 atom stereocenters. The monoisotopic (exact) mass is 316 g/mol. The maximum absolute atomic E-state index is 12.3. The van der Waals surface area contributed by atoms with Crippen LogP contribution in [0.1, 0.15) is 33.6 Å². The van der Waals surface area contributed by atoms with Crippen LogP contribution in [0, 0.1) is 0 Å². The van der Waals surface area contributed by atoms with Crippen molar-refractivity contribution in [3.05, 3.63) is 35.4 Å². The van der Waals surface area contributed by atoms with Gasteiger partial charge in [0.15, 0.2) is 0 Å². The van der Waals surface area contributed by atoms with Gasteiger partial charge in [0.25, 0.3) is 11.8 Å². The molecule has 2 N–H and O–H groups in total. The van der Waals surface area contributed by atoms with E-state index in [2.05, 4.69) is 5.32 Å². The van der Waals surface area contributed by atoms with Crippen LogP contribution in [0.5, 0.6) is 0 Å². The lowest BCUT2D eigenvalue weighted by molar-refractivity contribution is -0.141. The van der Waals surface area contributed by atoms with E-state index in [1.807, 2.05) is 0 Å². The Morgan fingerprint density at radius 1 is 1.09 bits per heavy atom. The Balaban J connectivity index is 1.80. The summed E-state index contributed by atoms with van der Waals surface area (Å²) >= 11 is 0. The third-order valence-electron chi connectivity index (χ3n) is 3.88. The lowest BCUT2D eigenvalue weighted by atomic mass is 9.91. The van der Waals surface area contributed by atoms with Crippen LogP contribution in [0.15, 0.2) is 24.3 Å². The predicted molar refractivity (Wildman–Crippen MR) is 74.5 cm³/mol. The second kappa shape index (κ2) is 5.31. The first-order valence-electron chi connectivity index (χ1n) is 6.91. The number of hydrogen-bond acceptors (Lipinski definition) is 5. The zero-order valence-electron chi connectivity index (χ0n) is 11.8. The van der Waals surface area contributed by atoms with E-state index >= 15 is 0 Å². The van der Waals surface area contributed by atoms with E-state index in [9.17, 15) is 24.0 Å². The number of carboxylic acids is 1. The zero-order chi connectivity index (χ0) is 16.7. The van der Waals surface area contributed by atoms with Crippen LogP contribution in [-0.2, 0) is 14.4 Å². The van der Waals surface area contributed by atoms with Gasteiger partial charge in [-0.3, -0.25) is 28.9 Å². The van der Waals surface area contributed by atoms with E-state index in [1.165, 1.54) is 12.1 Å². The van der Waals surface area contributed by atoms with Crippen LogP contribution < -0.4 is 5.32 Å². The molecule has 0 spiro atoms. The highest BCUT2D eigenvalue weighted by molar-refractivity contribution is 6.23. The van der Waals surface area contributed by atoms with Crippen molar-refractivity contribution in [2.45, 2.75) is 24.9 Å². The molecule has 0 bridgehead atoms. The van der Waals surface area contributed by atoms with E-state index < -0.39 is 48.0 Å². The van der Waals surface area contributed by atoms with Gasteiger partial charge in [0, 0.05) is 6.42 Å². The molecule has 1 fully saturated rings. The third-order valence-corrected chi connectivity index (χ3v) is 3.88. The minimum atomic E-state index is -1.27. The van der Waals surface area contributed by atoms with Gasteiger partial charge in [0.1, 0.15) is 18.2 Å². The summed E-state index contributed by atoms with van der Waals surface area (Å²) < 4.78 is 0. The molecule has 2 aliphatic rings. The fourth-order valence-corrected chi connectivity index (χ4v) is 2.84. The number of rotatable bonds is 5. The van der Waals surface area contributed by atoms with Gasteiger partial charge in [0.05, 0.1) is 17.2 Å². The van der Waals surface area contributed by atoms with Crippen molar-refractivity contribution in [1.29, 1.82) is 0 Å². The molecule has 0 aromatic heterocycles. The smallest absolute Gasteiger partial charge is 0.310 e. The van der Waals surface area contributed by atoms with Crippen molar-refractivity contribution in [1.82, 2.24) is 10.2 Å². The number of carboxylic acid groups (broad SMARTS) is 1. The van der Waals surface area contributed by atoms with Crippen molar-refractivity contribution >= 4 is 29.5 Å². The molecule has 0 aliphatic carbocycles. The molecule has 3 rings (SSSR count). The summed E-state index contributed by atoms with van der Waals surface area (Å²) in [6, 6.07) is 4.38. The van der Waals surface area contributed by atoms with Crippen LogP contribution in [0.25, 0.3) is 0 Å². The molecule has 1 aromatic rings. The standard InChI is InChI=1S/C15H12N2O6/c18-7(6-11(19)20)5-10-12(13(21)16-10)17-14(22)8-3-1-2-4-9(8)15(17)23/h1-4,10,12H,5-6H2,(H,16,21)(H,19,20). The van der Waals surface area contributed by atoms with Crippen LogP contribution in [0.4, 0.5) is 0 Å². The molecule has 8 nitrogen and oxygen atoms in total. The molecule has 2 heterocycles. The molecular weight excluding hydrogens is 304 g/mol. The number of carbonyl (C=O) groups excluding carboxylic acids is 4. The number of nitrogens with one attached hydrogen (secondary N) is 1. The summed E-state index contributed by atoms with van der Waals surface area (Å²) in [5, 5.41) is 11.0. The number of carbonyl (C=O) groups is 5. The minimum absolute atomic E-state index is 0.216. The molecule has 3 amide bonds. The molecule has 2 aliphatic heterocycles. The largest absolute Gasteiger partial charge is 0.481 e. The topological polar surface area (TPSA) is 121 Å². The first kappa shape index (κ1) is 14.9. The number of imide groups is 1. The molecule has 0 saturated carbocycles. The third kappa shape index (κ3) is 2.37. The SMILES string of the molecule is O=C(O)CC(=O)CC1NC(=O)C1N1C(=O)c2ccccc2C1=O. The van der Waals surface area contributed by atoms with Crippen LogP contribution >= 0.6 is 0 Å². The summed E-state index contributed by atoms with van der Waals surface area (Å²) in [5.74, 6) is -3.54. The lowest BCUT2D eigenvalue weighted by Crippen LogP contribution is -2.70. The van der Waals surface area contributed by atoms with E-state index in [-0.39, 0.29) is 17.5 Å². The summed E-state index contributed by atoms with van der Waals surface area (Å²) in [6.07, 6.45) is -0.905. The van der Waals surface area contributed by atoms with Crippen molar-refractivity contribution in [2.24, 2.45) is 0 Å². The highest BCUT2D eigenvalue weighted by Gasteiger charge is 2.51. The van der Waals surface area contributed by atoms with Gasteiger partial charge in [-0.05, 0) is 12.1 Å². The molecule has 118 valence electrons. The van der Waals surface area contributed by atoms with Gasteiger partial charge in [-0.2, -0.15) is 0 Å². The molecule has 0 radical (unpaired) electrons. The molecule has 1 aromatic carbocycles. The second-order valence-corrected chi connectivity index (χ2v) is 5.40. The summed E-state index contributed by atoms with van der Waals surface area (Å²) in [6.45, 7) is 0.